The van der Waals surface area contributed by atoms with E-state index in [9.17, 15) is 14.4 Å². The average molecular weight is 359 g/mol. The van der Waals surface area contributed by atoms with E-state index in [1.807, 2.05) is 0 Å². The van der Waals surface area contributed by atoms with Crippen LogP contribution in [0.3, 0.4) is 0 Å². The van der Waals surface area contributed by atoms with E-state index in [0.717, 1.165) is 49.8 Å². The van der Waals surface area contributed by atoms with Gasteiger partial charge in [-0.05, 0) is 38.5 Å². The number of rotatable bonds is 3. The van der Waals surface area contributed by atoms with E-state index in [4.69, 9.17) is 5.73 Å². The summed E-state index contributed by atoms with van der Waals surface area (Å²) < 4.78 is 0. The van der Waals surface area contributed by atoms with Crippen molar-refractivity contribution in [3.63, 3.8) is 0 Å². The number of nitrogens with two attached hydrogens (primary N) is 1. The molecule has 3 rings (SSSR count). The summed E-state index contributed by atoms with van der Waals surface area (Å²) >= 11 is 0. The van der Waals surface area contributed by atoms with E-state index in [-0.39, 0.29) is 42.8 Å². The highest BCUT2D eigenvalue weighted by atomic mass is 35.5. The van der Waals surface area contributed by atoms with Gasteiger partial charge in [0.25, 0.3) is 5.91 Å². The first-order chi connectivity index (χ1) is 11.0. The zero-order chi connectivity index (χ0) is 16.4. The van der Waals surface area contributed by atoms with Crippen molar-refractivity contribution < 1.29 is 14.4 Å². The molecule has 136 valence electrons. The highest BCUT2D eigenvalue weighted by Crippen LogP contribution is 2.33. The molecule has 8 heteroatoms. The fraction of sp³-hybridized carbons (Fsp3) is 0.812. The molecule has 4 N–H and O–H groups in total. The molecule has 0 radical (unpaired) electrons. The second-order valence-electron chi connectivity index (χ2n) is 7.14. The van der Waals surface area contributed by atoms with Gasteiger partial charge in [0, 0.05) is 12.1 Å². The van der Waals surface area contributed by atoms with Gasteiger partial charge in [0.1, 0.15) is 12.1 Å². The summed E-state index contributed by atoms with van der Waals surface area (Å²) in [6, 6.07) is -0.107. The molecule has 0 bridgehead atoms. The van der Waals surface area contributed by atoms with E-state index in [1.54, 1.807) is 0 Å². The SMILES string of the molecule is Cl.NC1CCC(NC(=O)CN2C(=O)NC3(CCCCC3)C2=O)CC1. The van der Waals surface area contributed by atoms with Crippen molar-refractivity contribution >= 4 is 30.3 Å². The third kappa shape index (κ3) is 3.83. The summed E-state index contributed by atoms with van der Waals surface area (Å²) in [5, 5.41) is 5.76. The summed E-state index contributed by atoms with van der Waals surface area (Å²) in [4.78, 5) is 38.0. The van der Waals surface area contributed by atoms with Crippen LogP contribution >= 0.6 is 12.4 Å². The van der Waals surface area contributed by atoms with Crippen LogP contribution in [0.15, 0.2) is 0 Å². The number of carbonyl (C=O) groups is 3. The number of nitrogens with one attached hydrogen (secondary N) is 2. The Labute approximate surface area is 148 Å². The molecule has 24 heavy (non-hydrogen) atoms. The second-order valence-corrected chi connectivity index (χ2v) is 7.14. The first kappa shape index (κ1) is 19.0. The number of amides is 4. The number of hydrogen-bond acceptors (Lipinski definition) is 4. The van der Waals surface area contributed by atoms with Crippen molar-refractivity contribution in [2.45, 2.75) is 75.4 Å². The minimum Gasteiger partial charge on any atom is -0.352 e. The Kier molecular flexibility index (Phi) is 6.09. The van der Waals surface area contributed by atoms with Crippen molar-refractivity contribution in [1.29, 1.82) is 0 Å². The Hall–Kier alpha value is -1.34. The lowest BCUT2D eigenvalue weighted by molar-refractivity contribution is -0.136. The maximum Gasteiger partial charge on any atom is 0.325 e. The van der Waals surface area contributed by atoms with Gasteiger partial charge in [0.2, 0.25) is 5.91 Å². The normalized spacial score (nSPS) is 29.1. The van der Waals surface area contributed by atoms with E-state index in [0.29, 0.717) is 12.8 Å². The first-order valence-corrected chi connectivity index (χ1v) is 8.69. The molecule has 3 aliphatic rings. The molecule has 1 aliphatic heterocycles. The summed E-state index contributed by atoms with van der Waals surface area (Å²) in [6.45, 7) is -0.186. The number of urea groups is 1. The van der Waals surface area contributed by atoms with Crippen molar-refractivity contribution in [2.24, 2.45) is 5.73 Å². The lowest BCUT2D eigenvalue weighted by Gasteiger charge is -2.30. The first-order valence-electron chi connectivity index (χ1n) is 8.69. The second kappa shape index (κ2) is 7.70. The molecular weight excluding hydrogens is 332 g/mol. The van der Waals surface area contributed by atoms with Crippen LogP contribution in [0.4, 0.5) is 4.79 Å². The molecule has 3 fully saturated rings. The summed E-state index contributed by atoms with van der Waals surface area (Å²) in [6.07, 6.45) is 7.84. The minimum atomic E-state index is -0.757. The van der Waals surface area contributed by atoms with Gasteiger partial charge in [0.15, 0.2) is 0 Å². The van der Waals surface area contributed by atoms with Crippen molar-refractivity contribution in [1.82, 2.24) is 15.5 Å². The number of carbonyl (C=O) groups excluding carboxylic acids is 3. The van der Waals surface area contributed by atoms with Crippen molar-refractivity contribution in [3.8, 4) is 0 Å². The van der Waals surface area contributed by atoms with Crippen LogP contribution in [0.1, 0.15) is 57.8 Å². The van der Waals surface area contributed by atoms with Gasteiger partial charge >= 0.3 is 6.03 Å². The van der Waals surface area contributed by atoms with Gasteiger partial charge in [-0.2, -0.15) is 0 Å². The van der Waals surface area contributed by atoms with Crippen LogP contribution in [0.25, 0.3) is 0 Å². The maximum absolute atomic E-state index is 12.6. The monoisotopic (exact) mass is 358 g/mol. The Balaban J connectivity index is 0.00000208. The van der Waals surface area contributed by atoms with Crippen LogP contribution in [0.5, 0.6) is 0 Å². The van der Waals surface area contributed by atoms with Crippen LogP contribution in [-0.4, -0.2) is 46.9 Å². The van der Waals surface area contributed by atoms with E-state index in [1.165, 1.54) is 0 Å². The Bertz CT molecular complexity index is 500. The molecular formula is C16H27ClN4O3. The van der Waals surface area contributed by atoms with Gasteiger partial charge in [-0.25, -0.2) is 4.79 Å². The van der Waals surface area contributed by atoms with Crippen LogP contribution in [0.2, 0.25) is 0 Å². The van der Waals surface area contributed by atoms with Crippen LogP contribution in [-0.2, 0) is 9.59 Å². The van der Waals surface area contributed by atoms with Gasteiger partial charge in [-0.3, -0.25) is 14.5 Å². The molecule has 0 aromatic carbocycles. The molecule has 0 aromatic heterocycles. The zero-order valence-electron chi connectivity index (χ0n) is 13.9. The molecule has 2 saturated carbocycles. The third-order valence-corrected chi connectivity index (χ3v) is 5.39. The Morgan fingerprint density at radius 3 is 2.42 bits per heavy atom. The van der Waals surface area contributed by atoms with Gasteiger partial charge in [-0.1, -0.05) is 19.3 Å². The minimum absolute atomic E-state index is 0. The van der Waals surface area contributed by atoms with Crippen LogP contribution < -0.4 is 16.4 Å². The predicted molar refractivity (Wildman–Crippen MR) is 91.7 cm³/mol. The van der Waals surface area contributed by atoms with Gasteiger partial charge in [-0.15, -0.1) is 12.4 Å². The summed E-state index contributed by atoms with van der Waals surface area (Å²) in [5.41, 5.74) is 5.10. The number of halogens is 1. The lowest BCUT2D eigenvalue weighted by Crippen LogP contribution is -2.49. The predicted octanol–water partition coefficient (Wildman–Crippen LogP) is 1.05. The zero-order valence-corrected chi connectivity index (χ0v) is 14.7. The Morgan fingerprint density at radius 2 is 1.79 bits per heavy atom. The maximum atomic E-state index is 12.6. The van der Waals surface area contributed by atoms with Crippen molar-refractivity contribution in [2.75, 3.05) is 6.54 Å². The summed E-state index contributed by atoms with van der Waals surface area (Å²) in [5.74, 6) is -0.496. The fourth-order valence-corrected chi connectivity index (χ4v) is 3.99. The standard InChI is InChI=1S/C16H26N4O3.ClH/c17-11-4-6-12(7-5-11)18-13(21)10-20-14(22)16(19-15(20)23)8-2-1-3-9-16;/h11-12H,1-10,17H2,(H,18,21)(H,19,23);1H. The fourth-order valence-electron chi connectivity index (χ4n) is 3.99. The number of imide groups is 1. The van der Waals surface area contributed by atoms with E-state index >= 15 is 0 Å². The number of nitrogens with zero attached hydrogens (tertiary/aromatic N) is 1. The molecule has 0 unspecified atom stereocenters. The number of hydrogen-bond donors (Lipinski definition) is 3. The molecule has 0 atom stereocenters. The van der Waals surface area contributed by atoms with Crippen LogP contribution in [0, 0.1) is 0 Å². The highest BCUT2D eigenvalue weighted by molar-refractivity contribution is 6.09. The molecule has 2 aliphatic carbocycles. The molecule has 0 aromatic rings. The summed E-state index contributed by atoms with van der Waals surface area (Å²) in [7, 11) is 0. The van der Waals surface area contributed by atoms with Crippen molar-refractivity contribution in [3.05, 3.63) is 0 Å². The molecule has 1 saturated heterocycles. The smallest absolute Gasteiger partial charge is 0.325 e. The van der Waals surface area contributed by atoms with Gasteiger partial charge in [0.05, 0.1) is 0 Å². The Morgan fingerprint density at radius 1 is 1.17 bits per heavy atom. The highest BCUT2D eigenvalue weighted by Gasteiger charge is 2.51. The van der Waals surface area contributed by atoms with E-state index < -0.39 is 11.6 Å². The molecule has 1 spiro atoms. The third-order valence-electron chi connectivity index (χ3n) is 5.39. The lowest BCUT2D eigenvalue weighted by atomic mass is 9.82. The topological polar surface area (TPSA) is 105 Å². The average Bonchev–Trinajstić information content (AvgIpc) is 2.75. The largest absolute Gasteiger partial charge is 0.352 e. The molecule has 1 heterocycles. The molecule has 4 amide bonds. The molecule has 7 nitrogen and oxygen atoms in total. The quantitative estimate of drug-likeness (QED) is 0.656. The van der Waals surface area contributed by atoms with Gasteiger partial charge < -0.3 is 16.4 Å². The van der Waals surface area contributed by atoms with E-state index in [2.05, 4.69) is 10.6 Å².